The van der Waals surface area contributed by atoms with Crippen LogP contribution in [0.1, 0.15) is 55.4 Å². The lowest BCUT2D eigenvalue weighted by atomic mass is 10.1. The summed E-state index contributed by atoms with van der Waals surface area (Å²) in [6, 6.07) is 18.7. The standard InChI is InChI=1S/C27H31N5O/c1-18-11-13-24(14-12-18)17-32-22(5)26(20(3)30-32)27(33)28-15-25-19(2)29-31(21(25)4)16-23-9-7-6-8-10-23/h6-14H,15-17H2,1-5H3,(H,28,33). The first-order chi connectivity index (χ1) is 15.8. The molecule has 0 spiro atoms. The first-order valence-electron chi connectivity index (χ1n) is 11.3. The number of aryl methyl sites for hydroxylation is 3. The van der Waals surface area contributed by atoms with Gasteiger partial charge in [0.05, 0.1) is 30.0 Å². The molecule has 2 aromatic carbocycles. The Hall–Kier alpha value is -3.67. The lowest BCUT2D eigenvalue weighted by Crippen LogP contribution is -2.24. The van der Waals surface area contributed by atoms with Crippen molar-refractivity contribution in [2.75, 3.05) is 0 Å². The molecule has 0 aliphatic carbocycles. The third kappa shape index (κ3) is 4.90. The molecule has 0 atom stereocenters. The lowest BCUT2D eigenvalue weighted by molar-refractivity contribution is 0.0949. The van der Waals surface area contributed by atoms with Crippen LogP contribution in [0.2, 0.25) is 0 Å². The number of aromatic nitrogens is 4. The van der Waals surface area contributed by atoms with Gasteiger partial charge >= 0.3 is 0 Å². The molecule has 0 saturated heterocycles. The molecular weight excluding hydrogens is 410 g/mol. The Kier molecular flexibility index (Phi) is 6.45. The van der Waals surface area contributed by atoms with Gasteiger partial charge in [0.2, 0.25) is 0 Å². The molecule has 170 valence electrons. The predicted octanol–water partition coefficient (Wildman–Crippen LogP) is 4.65. The first-order valence-corrected chi connectivity index (χ1v) is 11.3. The zero-order chi connectivity index (χ0) is 23.5. The average molecular weight is 442 g/mol. The fraction of sp³-hybridized carbons (Fsp3) is 0.296. The number of rotatable bonds is 7. The van der Waals surface area contributed by atoms with E-state index in [9.17, 15) is 4.79 Å². The normalized spacial score (nSPS) is 11.1. The van der Waals surface area contributed by atoms with E-state index in [2.05, 4.69) is 60.7 Å². The maximum atomic E-state index is 13.1. The topological polar surface area (TPSA) is 64.7 Å². The van der Waals surface area contributed by atoms with Crippen LogP contribution in [0.3, 0.4) is 0 Å². The molecule has 4 rings (SSSR count). The van der Waals surface area contributed by atoms with Crippen molar-refractivity contribution in [2.24, 2.45) is 0 Å². The highest BCUT2D eigenvalue weighted by Crippen LogP contribution is 2.18. The zero-order valence-corrected chi connectivity index (χ0v) is 20.0. The number of nitrogens with zero attached hydrogens (tertiary/aromatic N) is 4. The fourth-order valence-electron chi connectivity index (χ4n) is 4.20. The third-order valence-corrected chi connectivity index (χ3v) is 6.19. The van der Waals surface area contributed by atoms with Crippen LogP contribution in [0.15, 0.2) is 54.6 Å². The van der Waals surface area contributed by atoms with E-state index in [0.29, 0.717) is 25.2 Å². The van der Waals surface area contributed by atoms with Crippen molar-refractivity contribution in [3.63, 3.8) is 0 Å². The van der Waals surface area contributed by atoms with Crippen molar-refractivity contribution in [3.05, 3.63) is 105 Å². The van der Waals surface area contributed by atoms with Crippen molar-refractivity contribution in [3.8, 4) is 0 Å². The molecule has 0 bridgehead atoms. The van der Waals surface area contributed by atoms with Crippen LogP contribution in [0.25, 0.3) is 0 Å². The Labute approximate surface area is 195 Å². The smallest absolute Gasteiger partial charge is 0.255 e. The number of amides is 1. The maximum Gasteiger partial charge on any atom is 0.255 e. The van der Waals surface area contributed by atoms with Gasteiger partial charge in [-0.2, -0.15) is 10.2 Å². The van der Waals surface area contributed by atoms with Crippen LogP contribution < -0.4 is 5.32 Å². The summed E-state index contributed by atoms with van der Waals surface area (Å²) >= 11 is 0. The van der Waals surface area contributed by atoms with Crippen LogP contribution >= 0.6 is 0 Å². The van der Waals surface area contributed by atoms with E-state index >= 15 is 0 Å². The van der Waals surface area contributed by atoms with Gasteiger partial charge in [0.25, 0.3) is 5.91 Å². The Bertz CT molecular complexity index is 1270. The van der Waals surface area contributed by atoms with Gasteiger partial charge in [0.1, 0.15) is 0 Å². The highest BCUT2D eigenvalue weighted by molar-refractivity contribution is 5.96. The van der Waals surface area contributed by atoms with E-state index in [1.54, 1.807) is 0 Å². The van der Waals surface area contributed by atoms with Gasteiger partial charge in [0.15, 0.2) is 0 Å². The van der Waals surface area contributed by atoms with Gasteiger partial charge in [-0.1, -0.05) is 60.2 Å². The van der Waals surface area contributed by atoms with Gasteiger partial charge in [-0.3, -0.25) is 14.2 Å². The summed E-state index contributed by atoms with van der Waals surface area (Å²) in [6.45, 7) is 11.8. The van der Waals surface area contributed by atoms with Crippen LogP contribution in [-0.2, 0) is 19.6 Å². The summed E-state index contributed by atoms with van der Waals surface area (Å²) in [6.07, 6.45) is 0. The number of hydrogen-bond donors (Lipinski definition) is 1. The number of benzene rings is 2. The largest absolute Gasteiger partial charge is 0.348 e. The second kappa shape index (κ2) is 9.45. The highest BCUT2D eigenvalue weighted by atomic mass is 16.1. The molecule has 0 aliphatic heterocycles. The van der Waals surface area contributed by atoms with Crippen LogP contribution in [-0.4, -0.2) is 25.5 Å². The molecule has 2 aromatic heterocycles. The van der Waals surface area contributed by atoms with E-state index in [1.165, 1.54) is 11.1 Å². The van der Waals surface area contributed by atoms with Crippen LogP contribution in [0.4, 0.5) is 0 Å². The van der Waals surface area contributed by atoms with Crippen molar-refractivity contribution < 1.29 is 4.79 Å². The highest BCUT2D eigenvalue weighted by Gasteiger charge is 2.20. The van der Waals surface area contributed by atoms with Gasteiger partial charge < -0.3 is 5.32 Å². The molecule has 0 aliphatic rings. The van der Waals surface area contributed by atoms with Crippen molar-refractivity contribution in [2.45, 2.75) is 54.3 Å². The van der Waals surface area contributed by atoms with E-state index in [1.807, 2.05) is 48.3 Å². The minimum Gasteiger partial charge on any atom is -0.348 e. The SMILES string of the molecule is Cc1ccc(Cn2nc(C)c(C(=O)NCc3c(C)nn(Cc4ccccc4)c3C)c2C)cc1. The number of carbonyl (C=O) groups is 1. The summed E-state index contributed by atoms with van der Waals surface area (Å²) in [7, 11) is 0. The summed E-state index contributed by atoms with van der Waals surface area (Å²) in [5.74, 6) is -0.102. The monoisotopic (exact) mass is 441 g/mol. The molecule has 2 heterocycles. The van der Waals surface area contributed by atoms with Crippen molar-refractivity contribution in [1.29, 1.82) is 0 Å². The molecule has 0 unspecified atom stereocenters. The van der Waals surface area contributed by atoms with Gasteiger partial charge in [-0.05, 0) is 45.7 Å². The van der Waals surface area contributed by atoms with Crippen LogP contribution in [0, 0.1) is 34.6 Å². The molecule has 0 fully saturated rings. The minimum atomic E-state index is -0.102. The quantitative estimate of drug-likeness (QED) is 0.454. The van der Waals surface area contributed by atoms with E-state index in [-0.39, 0.29) is 5.91 Å². The van der Waals surface area contributed by atoms with E-state index in [4.69, 9.17) is 5.10 Å². The van der Waals surface area contributed by atoms with Crippen LogP contribution in [0.5, 0.6) is 0 Å². The second-order valence-corrected chi connectivity index (χ2v) is 8.66. The minimum absolute atomic E-state index is 0.102. The first kappa shape index (κ1) is 22.5. The molecule has 33 heavy (non-hydrogen) atoms. The maximum absolute atomic E-state index is 13.1. The lowest BCUT2D eigenvalue weighted by Gasteiger charge is -2.09. The molecule has 4 aromatic rings. The summed E-state index contributed by atoms with van der Waals surface area (Å²) in [4.78, 5) is 13.1. The Morgan fingerprint density at radius 1 is 0.758 bits per heavy atom. The predicted molar refractivity (Wildman–Crippen MR) is 130 cm³/mol. The van der Waals surface area contributed by atoms with Crippen molar-refractivity contribution >= 4 is 5.91 Å². The second-order valence-electron chi connectivity index (χ2n) is 8.66. The average Bonchev–Trinajstić information content (AvgIpc) is 3.22. The molecule has 6 nitrogen and oxygen atoms in total. The Morgan fingerprint density at radius 2 is 1.33 bits per heavy atom. The number of hydrogen-bond acceptors (Lipinski definition) is 3. The molecule has 0 radical (unpaired) electrons. The summed E-state index contributed by atoms with van der Waals surface area (Å²) < 4.78 is 3.91. The Morgan fingerprint density at radius 3 is 2.00 bits per heavy atom. The number of carbonyl (C=O) groups excluding carboxylic acids is 1. The van der Waals surface area contributed by atoms with E-state index in [0.717, 1.165) is 33.9 Å². The molecule has 6 heteroatoms. The molecular formula is C27H31N5O. The molecule has 0 saturated carbocycles. The van der Waals surface area contributed by atoms with Gasteiger partial charge in [-0.25, -0.2) is 0 Å². The Balaban J connectivity index is 1.47. The van der Waals surface area contributed by atoms with Gasteiger partial charge in [-0.15, -0.1) is 0 Å². The molecule has 1 amide bonds. The van der Waals surface area contributed by atoms with Crippen molar-refractivity contribution in [1.82, 2.24) is 24.9 Å². The zero-order valence-electron chi connectivity index (χ0n) is 20.0. The third-order valence-electron chi connectivity index (χ3n) is 6.19. The van der Waals surface area contributed by atoms with E-state index < -0.39 is 0 Å². The summed E-state index contributed by atoms with van der Waals surface area (Å²) in [5.41, 5.74) is 8.92. The molecule has 1 N–H and O–H groups in total. The summed E-state index contributed by atoms with van der Waals surface area (Å²) in [5, 5.41) is 12.4. The fourth-order valence-corrected chi connectivity index (χ4v) is 4.20. The van der Waals surface area contributed by atoms with Gasteiger partial charge in [0, 0.05) is 23.5 Å². The number of nitrogens with one attached hydrogen (secondary N) is 1.